The minimum atomic E-state index is -1.08. The molecule has 3 N–H and O–H groups in total. The van der Waals surface area contributed by atoms with Crippen LogP contribution in [0.15, 0.2) is 30.6 Å². The van der Waals surface area contributed by atoms with Crippen molar-refractivity contribution < 1.29 is 19.0 Å². The molecule has 2 heterocycles. The Bertz CT molecular complexity index is 793. The van der Waals surface area contributed by atoms with E-state index in [1.165, 1.54) is 6.33 Å². The maximum Gasteiger partial charge on any atom is 0.255 e. The molecule has 0 amide bonds. The van der Waals surface area contributed by atoms with Gasteiger partial charge in [-0.2, -0.15) is 9.37 Å². The summed E-state index contributed by atoms with van der Waals surface area (Å²) < 4.78 is 26.1. The molecular weight excluding hydrogens is 363 g/mol. The molecule has 2 aromatic rings. The van der Waals surface area contributed by atoms with Gasteiger partial charge < -0.3 is 25.2 Å². The minimum Gasteiger partial charge on any atom is -0.489 e. The Kier molecular flexibility index (Phi) is 6.00. The van der Waals surface area contributed by atoms with Gasteiger partial charge in [0.05, 0.1) is 12.1 Å². The molecule has 0 radical (unpaired) electrons. The van der Waals surface area contributed by atoms with Crippen molar-refractivity contribution in [2.75, 3.05) is 24.6 Å². The van der Waals surface area contributed by atoms with Gasteiger partial charge in [-0.1, -0.05) is 12.1 Å². The lowest BCUT2D eigenvalue weighted by molar-refractivity contribution is 0.0253. The van der Waals surface area contributed by atoms with Gasteiger partial charge in [-0.05, 0) is 38.5 Å². The number of aliphatic hydroxyl groups is 1. The van der Waals surface area contributed by atoms with Crippen molar-refractivity contribution in [1.29, 1.82) is 0 Å². The van der Waals surface area contributed by atoms with E-state index >= 15 is 0 Å². The summed E-state index contributed by atoms with van der Waals surface area (Å²) in [6, 6.07) is 7.67. The highest BCUT2D eigenvalue weighted by atomic mass is 19.1. The van der Waals surface area contributed by atoms with Gasteiger partial charge in [0.15, 0.2) is 5.82 Å². The third kappa shape index (κ3) is 5.08. The molecule has 1 aromatic heterocycles. The monoisotopic (exact) mass is 390 g/mol. The van der Waals surface area contributed by atoms with Crippen molar-refractivity contribution in [3.63, 3.8) is 0 Å². The van der Waals surface area contributed by atoms with Gasteiger partial charge in [0, 0.05) is 19.0 Å². The molecule has 0 bridgehead atoms. The quantitative estimate of drug-likeness (QED) is 0.750. The van der Waals surface area contributed by atoms with Crippen molar-refractivity contribution >= 4 is 5.82 Å². The fraction of sp³-hybridized carbons (Fsp3) is 0.500. The summed E-state index contributed by atoms with van der Waals surface area (Å²) >= 11 is 0. The number of halogens is 1. The van der Waals surface area contributed by atoms with Crippen LogP contribution < -0.4 is 20.1 Å². The normalized spacial score (nSPS) is 18.2. The zero-order valence-corrected chi connectivity index (χ0v) is 16.4. The molecule has 8 heteroatoms. The number of anilines is 1. The molecule has 7 nitrogen and oxygen atoms in total. The largest absolute Gasteiger partial charge is 0.489 e. The van der Waals surface area contributed by atoms with Crippen LogP contribution in [-0.2, 0) is 0 Å². The number of hydrogen-bond donors (Lipinski definition) is 2. The average molecular weight is 390 g/mol. The van der Waals surface area contributed by atoms with Crippen molar-refractivity contribution in [1.82, 2.24) is 9.97 Å². The molecule has 1 fully saturated rings. The molecule has 1 unspecified atom stereocenters. The molecule has 28 heavy (non-hydrogen) atoms. The second kappa shape index (κ2) is 8.28. The van der Waals surface area contributed by atoms with Crippen molar-refractivity contribution in [2.45, 2.75) is 44.9 Å². The minimum absolute atomic E-state index is 0.0235. The van der Waals surface area contributed by atoms with E-state index in [2.05, 4.69) is 9.97 Å². The molecule has 3 rings (SSSR count). The first-order chi connectivity index (χ1) is 13.2. The van der Waals surface area contributed by atoms with Crippen LogP contribution in [0.1, 0.15) is 38.8 Å². The van der Waals surface area contributed by atoms with Crippen molar-refractivity contribution in [3.05, 3.63) is 42.0 Å². The highest BCUT2D eigenvalue weighted by Crippen LogP contribution is 2.28. The number of hydrogen-bond acceptors (Lipinski definition) is 7. The van der Waals surface area contributed by atoms with Crippen molar-refractivity contribution in [2.24, 2.45) is 5.73 Å². The number of rotatable bonds is 7. The maximum absolute atomic E-state index is 14.7. The first-order valence-electron chi connectivity index (χ1n) is 9.36. The van der Waals surface area contributed by atoms with Crippen molar-refractivity contribution in [3.8, 4) is 11.6 Å². The Morgan fingerprint density at radius 1 is 1.32 bits per heavy atom. The first-order valence-corrected chi connectivity index (χ1v) is 9.36. The van der Waals surface area contributed by atoms with E-state index in [-0.39, 0.29) is 30.5 Å². The first kappa shape index (κ1) is 20.3. The number of nitrogens with zero attached hydrogens (tertiary/aromatic N) is 3. The Balaban J connectivity index is 1.63. The summed E-state index contributed by atoms with van der Waals surface area (Å²) in [5, 5.41) is 9.75. The van der Waals surface area contributed by atoms with Gasteiger partial charge in [0.1, 0.15) is 24.8 Å². The van der Waals surface area contributed by atoms with E-state index in [9.17, 15) is 9.50 Å². The van der Waals surface area contributed by atoms with Crippen LogP contribution in [0.25, 0.3) is 0 Å². The van der Waals surface area contributed by atoms with Crippen LogP contribution in [0, 0.1) is 5.82 Å². The van der Waals surface area contributed by atoms with Gasteiger partial charge in [-0.3, -0.25) is 0 Å². The zero-order valence-electron chi connectivity index (χ0n) is 16.4. The standard InChI is InChI=1S/C20H27FN4O3/c1-13(22)14-4-6-15(7-5-14)28-16-8-9-25(10-16)18-17(21)19(24-12-23-18)27-11-20(2,3)26/h4-7,12-13,16,26H,8-11,22H2,1-3H3/t13-,16?/m0/s1. The molecular formula is C20H27FN4O3. The molecule has 2 atom stereocenters. The van der Waals surface area contributed by atoms with Crippen LogP contribution in [0.5, 0.6) is 11.6 Å². The number of benzene rings is 1. The van der Waals surface area contributed by atoms with E-state index in [1.807, 2.05) is 36.1 Å². The summed E-state index contributed by atoms with van der Waals surface area (Å²) in [6.45, 7) is 6.14. The average Bonchev–Trinajstić information content (AvgIpc) is 3.09. The highest BCUT2D eigenvalue weighted by Gasteiger charge is 2.29. The van der Waals surface area contributed by atoms with Gasteiger partial charge >= 0.3 is 0 Å². The van der Waals surface area contributed by atoms with Gasteiger partial charge in [0.25, 0.3) is 5.88 Å². The maximum atomic E-state index is 14.7. The van der Waals surface area contributed by atoms with E-state index in [0.29, 0.717) is 13.1 Å². The summed E-state index contributed by atoms with van der Waals surface area (Å²) in [5.41, 5.74) is 5.82. The fourth-order valence-electron chi connectivity index (χ4n) is 2.97. The lowest BCUT2D eigenvalue weighted by Crippen LogP contribution is -2.29. The molecule has 0 aliphatic carbocycles. The van der Waals surface area contributed by atoms with Gasteiger partial charge in [-0.15, -0.1) is 0 Å². The molecule has 1 aromatic carbocycles. The molecule has 0 saturated carbocycles. The third-order valence-corrected chi connectivity index (χ3v) is 4.45. The lowest BCUT2D eigenvalue weighted by atomic mass is 10.1. The Hall–Kier alpha value is -2.45. The summed E-state index contributed by atoms with van der Waals surface area (Å²) in [5.74, 6) is 0.143. The summed E-state index contributed by atoms with van der Waals surface area (Å²) in [4.78, 5) is 9.72. The van der Waals surface area contributed by atoms with Gasteiger partial charge in [0.2, 0.25) is 5.82 Å². The Labute approximate surface area is 164 Å². The smallest absolute Gasteiger partial charge is 0.255 e. The topological polar surface area (TPSA) is 93.7 Å². The van der Waals surface area contributed by atoms with Gasteiger partial charge in [-0.25, -0.2) is 4.98 Å². The summed E-state index contributed by atoms with van der Waals surface area (Å²) in [6.07, 6.45) is 1.94. The number of ether oxygens (including phenoxy) is 2. The second-order valence-electron chi connectivity index (χ2n) is 7.75. The summed E-state index contributed by atoms with van der Waals surface area (Å²) in [7, 11) is 0. The van der Waals surface area contributed by atoms with Crippen LogP contribution >= 0.6 is 0 Å². The number of aromatic nitrogens is 2. The lowest BCUT2D eigenvalue weighted by Gasteiger charge is -2.21. The SMILES string of the molecule is C[C@H](N)c1ccc(OC2CCN(c3ncnc(OCC(C)(C)O)c3F)C2)cc1. The molecule has 1 aliphatic heterocycles. The molecule has 1 saturated heterocycles. The van der Waals surface area contributed by atoms with E-state index in [4.69, 9.17) is 15.2 Å². The Morgan fingerprint density at radius 2 is 2.04 bits per heavy atom. The van der Waals surface area contributed by atoms with Crippen LogP contribution in [0.4, 0.5) is 10.2 Å². The van der Waals surface area contributed by atoms with Crippen LogP contribution in [0.2, 0.25) is 0 Å². The third-order valence-electron chi connectivity index (χ3n) is 4.45. The van der Waals surface area contributed by atoms with Crippen LogP contribution in [0.3, 0.4) is 0 Å². The second-order valence-corrected chi connectivity index (χ2v) is 7.75. The predicted octanol–water partition coefficient (Wildman–Crippen LogP) is 2.44. The Morgan fingerprint density at radius 3 is 2.68 bits per heavy atom. The van der Waals surface area contributed by atoms with Crippen LogP contribution in [-0.4, -0.2) is 46.5 Å². The van der Waals surface area contributed by atoms with E-state index < -0.39 is 11.4 Å². The molecule has 152 valence electrons. The highest BCUT2D eigenvalue weighted by molar-refractivity contribution is 5.44. The molecule has 1 aliphatic rings. The van der Waals surface area contributed by atoms with E-state index in [1.54, 1.807) is 13.8 Å². The number of nitrogens with two attached hydrogens (primary N) is 1. The fourth-order valence-corrected chi connectivity index (χ4v) is 2.97. The predicted molar refractivity (Wildman–Crippen MR) is 104 cm³/mol. The zero-order chi connectivity index (χ0) is 20.3. The molecule has 0 spiro atoms. The van der Waals surface area contributed by atoms with E-state index in [0.717, 1.165) is 17.7 Å².